The molecule has 9 heteroatoms. The van der Waals surface area contributed by atoms with Crippen LogP contribution in [0.25, 0.3) is 11.3 Å². The van der Waals surface area contributed by atoms with Crippen LogP contribution in [-0.4, -0.2) is 15.9 Å². The molecule has 1 heterocycles. The number of nitro benzene ring substituents is 1. The number of phenols is 1. The Morgan fingerprint density at radius 1 is 1.13 bits per heavy atom. The standard InChI is InChI=1S/C19H14Cl2N2O5.C2H6/c1-2-11-4-6-18(28-11)12-9-17(24)13(8-14(12)20)19(25)22-16-5-3-10(23(26)27)7-15(16)21;1-2/h3-9,24H,2H2,1H3,(H,22,25);1-2H3. The second-order valence-electron chi connectivity index (χ2n) is 5.84. The highest BCUT2D eigenvalue weighted by molar-refractivity contribution is 6.35. The van der Waals surface area contributed by atoms with E-state index in [1.54, 1.807) is 12.1 Å². The number of nitrogens with one attached hydrogen (secondary N) is 1. The van der Waals surface area contributed by atoms with E-state index in [9.17, 15) is 20.0 Å². The largest absolute Gasteiger partial charge is 0.507 e. The van der Waals surface area contributed by atoms with Crippen LogP contribution in [0.15, 0.2) is 46.9 Å². The summed E-state index contributed by atoms with van der Waals surface area (Å²) in [5, 5.41) is 23.8. The molecule has 2 N–H and O–H groups in total. The molecule has 2 aromatic carbocycles. The van der Waals surface area contributed by atoms with Gasteiger partial charge in [-0.05, 0) is 30.3 Å². The lowest BCUT2D eigenvalue weighted by atomic mass is 10.1. The van der Waals surface area contributed by atoms with Crippen molar-refractivity contribution >= 4 is 40.5 Å². The molecule has 0 aliphatic heterocycles. The SMILES string of the molecule is CC.CCc1ccc(-c2cc(O)c(C(=O)Nc3ccc([N+](=O)[O-])cc3Cl)cc2Cl)o1. The Hall–Kier alpha value is -3.03. The summed E-state index contributed by atoms with van der Waals surface area (Å²) in [5.74, 6) is 0.266. The molecule has 0 saturated carbocycles. The first-order chi connectivity index (χ1) is 14.3. The van der Waals surface area contributed by atoms with Crippen LogP contribution in [0.5, 0.6) is 5.75 Å². The molecule has 1 aromatic heterocycles. The van der Waals surface area contributed by atoms with Crippen LogP contribution >= 0.6 is 23.2 Å². The maximum Gasteiger partial charge on any atom is 0.271 e. The highest BCUT2D eigenvalue weighted by Crippen LogP contribution is 2.35. The number of halogens is 2. The van der Waals surface area contributed by atoms with Crippen molar-refractivity contribution in [3.8, 4) is 17.1 Å². The lowest BCUT2D eigenvalue weighted by molar-refractivity contribution is -0.384. The highest BCUT2D eigenvalue weighted by atomic mass is 35.5. The molecule has 3 rings (SSSR count). The molecule has 0 unspecified atom stereocenters. The number of carbonyl (C=O) groups is 1. The smallest absolute Gasteiger partial charge is 0.271 e. The summed E-state index contributed by atoms with van der Waals surface area (Å²) in [6.45, 7) is 5.94. The number of anilines is 1. The number of nitro groups is 1. The average Bonchev–Trinajstić information content (AvgIpc) is 3.21. The summed E-state index contributed by atoms with van der Waals surface area (Å²) in [4.78, 5) is 22.7. The Kier molecular flexibility index (Phi) is 7.86. The van der Waals surface area contributed by atoms with Gasteiger partial charge >= 0.3 is 0 Å². The van der Waals surface area contributed by atoms with E-state index < -0.39 is 10.8 Å². The number of hydrogen-bond donors (Lipinski definition) is 2. The van der Waals surface area contributed by atoms with E-state index in [1.807, 2.05) is 20.8 Å². The summed E-state index contributed by atoms with van der Waals surface area (Å²) in [6, 6.07) is 9.83. The molecule has 0 spiro atoms. The number of aryl methyl sites for hydroxylation is 1. The minimum atomic E-state index is -0.671. The Morgan fingerprint density at radius 3 is 2.40 bits per heavy atom. The summed E-state index contributed by atoms with van der Waals surface area (Å²) >= 11 is 12.2. The van der Waals surface area contributed by atoms with E-state index in [-0.39, 0.29) is 32.7 Å². The normalized spacial score (nSPS) is 10.2. The lowest BCUT2D eigenvalue weighted by Crippen LogP contribution is -2.12. The van der Waals surface area contributed by atoms with E-state index >= 15 is 0 Å². The first-order valence-corrected chi connectivity index (χ1v) is 9.92. The number of aromatic hydroxyl groups is 1. The second kappa shape index (κ2) is 10.1. The zero-order valence-electron chi connectivity index (χ0n) is 16.5. The van der Waals surface area contributed by atoms with E-state index in [1.165, 1.54) is 24.3 Å². The first-order valence-electron chi connectivity index (χ1n) is 9.17. The maximum absolute atomic E-state index is 12.5. The molecular formula is C21H20Cl2N2O5. The maximum atomic E-state index is 12.5. The van der Waals surface area contributed by atoms with E-state index in [4.69, 9.17) is 27.6 Å². The lowest BCUT2D eigenvalue weighted by Gasteiger charge is -2.10. The van der Waals surface area contributed by atoms with Gasteiger partial charge in [-0.1, -0.05) is 44.0 Å². The van der Waals surface area contributed by atoms with E-state index in [0.29, 0.717) is 17.7 Å². The van der Waals surface area contributed by atoms with Crippen molar-refractivity contribution in [3.05, 3.63) is 73.9 Å². The fourth-order valence-corrected chi connectivity index (χ4v) is 3.03. The molecule has 0 bridgehead atoms. The molecule has 30 heavy (non-hydrogen) atoms. The molecule has 1 amide bonds. The van der Waals surface area contributed by atoms with Crippen molar-refractivity contribution in [2.75, 3.05) is 5.32 Å². The van der Waals surface area contributed by atoms with Gasteiger partial charge in [0.05, 0.1) is 26.2 Å². The Balaban J connectivity index is 0.00000155. The molecule has 0 aliphatic carbocycles. The fraction of sp³-hybridized carbons (Fsp3) is 0.190. The van der Waals surface area contributed by atoms with Crippen LogP contribution in [0.1, 0.15) is 36.9 Å². The number of nitrogens with zero attached hydrogens (tertiary/aromatic N) is 1. The third-order valence-corrected chi connectivity index (χ3v) is 4.64. The number of phenolic OH excluding ortho intramolecular Hbond substituents is 1. The zero-order valence-corrected chi connectivity index (χ0v) is 18.0. The third kappa shape index (κ3) is 5.11. The van der Waals surface area contributed by atoms with E-state index in [2.05, 4.69) is 5.32 Å². The predicted octanol–water partition coefficient (Wildman–Crippen LogP) is 6.71. The molecule has 0 atom stereocenters. The monoisotopic (exact) mass is 450 g/mol. The van der Waals surface area contributed by atoms with Gasteiger partial charge in [-0.15, -0.1) is 0 Å². The molecule has 0 aliphatic rings. The molecule has 0 fully saturated rings. The molecule has 3 aromatic rings. The van der Waals surface area contributed by atoms with Crippen LogP contribution < -0.4 is 5.32 Å². The predicted molar refractivity (Wildman–Crippen MR) is 118 cm³/mol. The molecule has 158 valence electrons. The van der Waals surface area contributed by atoms with Crippen LogP contribution in [0.2, 0.25) is 10.0 Å². The van der Waals surface area contributed by atoms with Crippen molar-refractivity contribution in [1.29, 1.82) is 0 Å². The van der Waals surface area contributed by atoms with Crippen LogP contribution in [0.4, 0.5) is 11.4 Å². The van der Waals surface area contributed by atoms with Crippen molar-refractivity contribution in [3.63, 3.8) is 0 Å². The van der Waals surface area contributed by atoms with Crippen LogP contribution in [0.3, 0.4) is 0 Å². The third-order valence-electron chi connectivity index (χ3n) is 4.02. The Morgan fingerprint density at radius 2 is 1.83 bits per heavy atom. The summed E-state index contributed by atoms with van der Waals surface area (Å²) in [7, 11) is 0. The number of hydrogen-bond acceptors (Lipinski definition) is 5. The van der Waals surface area contributed by atoms with Gasteiger partial charge in [0.2, 0.25) is 0 Å². The van der Waals surface area contributed by atoms with Gasteiger partial charge < -0.3 is 14.8 Å². The van der Waals surface area contributed by atoms with E-state index in [0.717, 1.165) is 11.8 Å². The summed E-state index contributed by atoms with van der Waals surface area (Å²) in [5.41, 5.74) is 0.327. The fourth-order valence-electron chi connectivity index (χ4n) is 2.55. The summed E-state index contributed by atoms with van der Waals surface area (Å²) in [6.07, 6.45) is 0.708. The quantitative estimate of drug-likeness (QED) is 0.331. The van der Waals surface area contributed by atoms with Gasteiger partial charge in [-0.2, -0.15) is 0 Å². The van der Waals surface area contributed by atoms with Gasteiger partial charge in [0, 0.05) is 24.1 Å². The number of non-ortho nitro benzene ring substituents is 1. The molecule has 0 radical (unpaired) electrons. The average molecular weight is 451 g/mol. The number of benzene rings is 2. The summed E-state index contributed by atoms with van der Waals surface area (Å²) < 4.78 is 5.63. The van der Waals surface area contributed by atoms with Gasteiger partial charge in [-0.3, -0.25) is 14.9 Å². The van der Waals surface area contributed by atoms with Gasteiger partial charge in [0.1, 0.15) is 17.3 Å². The minimum absolute atomic E-state index is 0.00700. The van der Waals surface area contributed by atoms with Gasteiger partial charge in [-0.25, -0.2) is 0 Å². The van der Waals surface area contributed by atoms with Gasteiger partial charge in [0.15, 0.2) is 0 Å². The molecule has 0 saturated heterocycles. The van der Waals surface area contributed by atoms with Gasteiger partial charge in [0.25, 0.3) is 11.6 Å². The van der Waals surface area contributed by atoms with Crippen LogP contribution in [0, 0.1) is 10.1 Å². The van der Waals surface area contributed by atoms with Crippen molar-refractivity contribution in [1.82, 2.24) is 0 Å². The molecular weight excluding hydrogens is 431 g/mol. The first kappa shape index (κ1) is 23.3. The zero-order chi connectivity index (χ0) is 22.4. The van der Waals surface area contributed by atoms with Crippen LogP contribution in [-0.2, 0) is 6.42 Å². The highest BCUT2D eigenvalue weighted by Gasteiger charge is 2.19. The van der Waals surface area contributed by atoms with Crippen molar-refractivity contribution in [2.45, 2.75) is 27.2 Å². The Bertz CT molecular complexity index is 1080. The van der Waals surface area contributed by atoms with Crippen molar-refractivity contribution in [2.24, 2.45) is 0 Å². The number of amides is 1. The molecule has 7 nitrogen and oxygen atoms in total. The van der Waals surface area contributed by atoms with Crippen molar-refractivity contribution < 1.29 is 19.2 Å². The second-order valence-corrected chi connectivity index (χ2v) is 6.66. The Labute approximate surface area is 183 Å². The topological polar surface area (TPSA) is 106 Å². The number of rotatable bonds is 5. The number of furan rings is 1. The minimum Gasteiger partial charge on any atom is -0.507 e. The number of carbonyl (C=O) groups excluding carboxylic acids is 1.